The molecule has 0 aromatic heterocycles. The standard InChI is InChI=1S/C16H20N2O/c17-18-16(15-10-3-4-11-19-15)14-9-5-7-12-6-1-2-8-13(12)14/h1-2,5-9,15-16,18H,3-4,10-11,17H2. The van der Waals surface area contributed by atoms with E-state index >= 15 is 0 Å². The molecule has 19 heavy (non-hydrogen) atoms. The summed E-state index contributed by atoms with van der Waals surface area (Å²) in [5.41, 5.74) is 4.18. The third kappa shape index (κ3) is 2.50. The monoisotopic (exact) mass is 256 g/mol. The number of ether oxygens (including phenoxy) is 1. The average Bonchev–Trinajstić information content (AvgIpc) is 2.49. The predicted molar refractivity (Wildman–Crippen MR) is 77.6 cm³/mol. The molecule has 3 rings (SSSR count). The second-order valence-electron chi connectivity index (χ2n) is 5.12. The van der Waals surface area contributed by atoms with Crippen molar-refractivity contribution in [2.24, 2.45) is 5.84 Å². The smallest absolute Gasteiger partial charge is 0.0782 e. The molecular weight excluding hydrogens is 236 g/mol. The number of benzene rings is 2. The van der Waals surface area contributed by atoms with Gasteiger partial charge in [-0.1, -0.05) is 42.5 Å². The van der Waals surface area contributed by atoms with Crippen LogP contribution in [0.1, 0.15) is 30.9 Å². The van der Waals surface area contributed by atoms with Gasteiger partial charge in [0.25, 0.3) is 0 Å². The van der Waals surface area contributed by atoms with Crippen molar-refractivity contribution < 1.29 is 4.74 Å². The van der Waals surface area contributed by atoms with Crippen LogP contribution in [0.3, 0.4) is 0 Å². The number of hydrazine groups is 1. The zero-order chi connectivity index (χ0) is 13.1. The Kier molecular flexibility index (Phi) is 3.78. The highest BCUT2D eigenvalue weighted by Crippen LogP contribution is 2.30. The van der Waals surface area contributed by atoms with E-state index in [-0.39, 0.29) is 12.1 Å². The first kappa shape index (κ1) is 12.6. The molecule has 0 radical (unpaired) electrons. The molecule has 2 unspecified atom stereocenters. The Hall–Kier alpha value is -1.42. The molecule has 3 nitrogen and oxygen atoms in total. The molecule has 2 aromatic carbocycles. The van der Waals surface area contributed by atoms with Crippen LogP contribution in [-0.4, -0.2) is 12.7 Å². The minimum atomic E-state index is 0.0615. The zero-order valence-corrected chi connectivity index (χ0v) is 11.0. The number of hydrogen-bond acceptors (Lipinski definition) is 3. The largest absolute Gasteiger partial charge is 0.376 e. The molecule has 0 saturated carbocycles. The average molecular weight is 256 g/mol. The van der Waals surface area contributed by atoms with Gasteiger partial charge < -0.3 is 4.74 Å². The topological polar surface area (TPSA) is 47.3 Å². The fraction of sp³-hybridized carbons (Fsp3) is 0.375. The van der Waals surface area contributed by atoms with Crippen molar-refractivity contribution in [1.29, 1.82) is 0 Å². The fourth-order valence-electron chi connectivity index (χ4n) is 2.95. The number of hydrogen-bond donors (Lipinski definition) is 2. The summed E-state index contributed by atoms with van der Waals surface area (Å²) in [5, 5.41) is 2.50. The maximum atomic E-state index is 5.89. The highest BCUT2D eigenvalue weighted by atomic mass is 16.5. The molecule has 0 amide bonds. The van der Waals surface area contributed by atoms with E-state index in [4.69, 9.17) is 10.6 Å². The van der Waals surface area contributed by atoms with Gasteiger partial charge in [-0.05, 0) is 35.6 Å². The maximum Gasteiger partial charge on any atom is 0.0782 e. The second-order valence-corrected chi connectivity index (χ2v) is 5.12. The summed E-state index contributed by atoms with van der Waals surface area (Å²) in [6, 6.07) is 14.8. The summed E-state index contributed by atoms with van der Waals surface area (Å²) in [7, 11) is 0. The van der Waals surface area contributed by atoms with Crippen LogP contribution in [0.4, 0.5) is 0 Å². The molecule has 100 valence electrons. The Bertz CT molecular complexity index is 544. The van der Waals surface area contributed by atoms with E-state index in [0.29, 0.717) is 0 Å². The van der Waals surface area contributed by atoms with Crippen molar-refractivity contribution in [3.05, 3.63) is 48.0 Å². The second kappa shape index (κ2) is 5.70. The van der Waals surface area contributed by atoms with Crippen molar-refractivity contribution in [2.75, 3.05) is 6.61 Å². The number of fused-ring (bicyclic) bond motifs is 1. The molecule has 3 N–H and O–H groups in total. The first-order valence-corrected chi connectivity index (χ1v) is 6.95. The van der Waals surface area contributed by atoms with Gasteiger partial charge >= 0.3 is 0 Å². The summed E-state index contributed by atoms with van der Waals surface area (Å²) >= 11 is 0. The van der Waals surface area contributed by atoms with Crippen molar-refractivity contribution in [1.82, 2.24) is 5.43 Å². The minimum Gasteiger partial charge on any atom is -0.376 e. The Morgan fingerprint density at radius 3 is 2.74 bits per heavy atom. The Balaban J connectivity index is 2.00. The lowest BCUT2D eigenvalue weighted by Crippen LogP contribution is -2.39. The van der Waals surface area contributed by atoms with E-state index in [2.05, 4.69) is 47.9 Å². The molecule has 2 atom stereocenters. The van der Waals surface area contributed by atoms with Crippen LogP contribution < -0.4 is 11.3 Å². The SMILES string of the molecule is NNC(c1cccc2ccccc12)C1CCCCO1. The normalized spacial score (nSPS) is 21.4. The third-order valence-electron chi connectivity index (χ3n) is 3.92. The van der Waals surface area contributed by atoms with E-state index in [0.717, 1.165) is 19.4 Å². The molecule has 0 spiro atoms. The summed E-state index contributed by atoms with van der Waals surface area (Å²) < 4.78 is 5.89. The molecule has 0 aliphatic carbocycles. The molecular formula is C16H20N2O. The van der Waals surface area contributed by atoms with Gasteiger partial charge in [0.05, 0.1) is 12.1 Å². The van der Waals surface area contributed by atoms with Crippen LogP contribution in [0.15, 0.2) is 42.5 Å². The van der Waals surface area contributed by atoms with Crippen molar-refractivity contribution in [3.63, 3.8) is 0 Å². The van der Waals surface area contributed by atoms with Crippen LogP contribution in [0.2, 0.25) is 0 Å². The van der Waals surface area contributed by atoms with Gasteiger partial charge in [-0.15, -0.1) is 0 Å². The van der Waals surface area contributed by atoms with Gasteiger partial charge in [-0.25, -0.2) is 0 Å². The van der Waals surface area contributed by atoms with Gasteiger partial charge in [0.15, 0.2) is 0 Å². The van der Waals surface area contributed by atoms with Crippen molar-refractivity contribution >= 4 is 10.8 Å². The van der Waals surface area contributed by atoms with Gasteiger partial charge in [0.1, 0.15) is 0 Å². The number of nitrogens with two attached hydrogens (primary N) is 1. The van der Waals surface area contributed by atoms with Gasteiger partial charge in [0, 0.05) is 6.61 Å². The lowest BCUT2D eigenvalue weighted by molar-refractivity contribution is -0.00792. The highest BCUT2D eigenvalue weighted by Gasteiger charge is 2.26. The zero-order valence-electron chi connectivity index (χ0n) is 11.0. The molecule has 2 aromatic rings. The van der Waals surface area contributed by atoms with E-state index < -0.39 is 0 Å². The molecule has 1 saturated heterocycles. The summed E-state index contributed by atoms with van der Waals surface area (Å²) in [5.74, 6) is 5.80. The van der Waals surface area contributed by atoms with Crippen molar-refractivity contribution in [3.8, 4) is 0 Å². The first-order valence-electron chi connectivity index (χ1n) is 6.95. The highest BCUT2D eigenvalue weighted by molar-refractivity contribution is 5.86. The number of rotatable bonds is 3. The minimum absolute atomic E-state index is 0.0615. The van der Waals surface area contributed by atoms with Gasteiger partial charge in [0.2, 0.25) is 0 Å². The first-order chi connectivity index (χ1) is 9.40. The van der Waals surface area contributed by atoms with Crippen LogP contribution in [0.5, 0.6) is 0 Å². The Labute approximate surface area is 113 Å². The lowest BCUT2D eigenvalue weighted by atomic mass is 9.92. The lowest BCUT2D eigenvalue weighted by Gasteiger charge is -2.31. The third-order valence-corrected chi connectivity index (χ3v) is 3.92. The van der Waals surface area contributed by atoms with Gasteiger partial charge in [-0.3, -0.25) is 11.3 Å². The van der Waals surface area contributed by atoms with Crippen molar-refractivity contribution in [2.45, 2.75) is 31.4 Å². The van der Waals surface area contributed by atoms with Crippen LogP contribution >= 0.6 is 0 Å². The fourth-order valence-corrected chi connectivity index (χ4v) is 2.95. The summed E-state index contributed by atoms with van der Waals surface area (Å²) in [4.78, 5) is 0. The molecule has 0 bridgehead atoms. The van der Waals surface area contributed by atoms with E-state index in [1.807, 2.05) is 0 Å². The Morgan fingerprint density at radius 1 is 1.11 bits per heavy atom. The van der Waals surface area contributed by atoms with Gasteiger partial charge in [-0.2, -0.15) is 0 Å². The maximum absolute atomic E-state index is 5.89. The van der Waals surface area contributed by atoms with E-state index in [1.54, 1.807) is 0 Å². The molecule has 1 heterocycles. The van der Waals surface area contributed by atoms with Crippen LogP contribution in [0.25, 0.3) is 10.8 Å². The summed E-state index contributed by atoms with van der Waals surface area (Å²) in [6.45, 7) is 0.841. The van der Waals surface area contributed by atoms with Crippen LogP contribution in [-0.2, 0) is 4.74 Å². The Morgan fingerprint density at radius 2 is 1.95 bits per heavy atom. The molecule has 1 aliphatic rings. The van der Waals surface area contributed by atoms with E-state index in [1.165, 1.54) is 22.8 Å². The van der Waals surface area contributed by atoms with Crippen LogP contribution in [0, 0.1) is 0 Å². The molecule has 3 heteroatoms. The predicted octanol–water partition coefficient (Wildman–Crippen LogP) is 2.91. The molecule has 1 fully saturated rings. The van der Waals surface area contributed by atoms with E-state index in [9.17, 15) is 0 Å². The molecule has 1 aliphatic heterocycles. The summed E-state index contributed by atoms with van der Waals surface area (Å²) in [6.07, 6.45) is 3.61. The number of nitrogens with one attached hydrogen (secondary N) is 1. The quantitative estimate of drug-likeness (QED) is 0.655.